The van der Waals surface area contributed by atoms with Gasteiger partial charge in [-0.05, 0) is 32.1 Å². The van der Waals surface area contributed by atoms with Crippen molar-refractivity contribution in [3.63, 3.8) is 0 Å². The average molecular weight is 1160 g/mol. The van der Waals surface area contributed by atoms with Crippen molar-refractivity contribution in [2.24, 2.45) is 0 Å². The predicted octanol–water partition coefficient (Wildman–Crippen LogP) is -6.67. The van der Waals surface area contributed by atoms with E-state index in [2.05, 4.69) is 44.5 Å². The van der Waals surface area contributed by atoms with Gasteiger partial charge in [-0.2, -0.15) is 0 Å². The number of amides is 4. The number of nitrogens with one attached hydrogen (secondary N) is 4. The summed E-state index contributed by atoms with van der Waals surface area (Å²) in [5.41, 5.74) is 0. The summed E-state index contributed by atoms with van der Waals surface area (Å²) < 4.78 is 79.6. The molecule has 0 bridgehead atoms. The van der Waals surface area contributed by atoms with Crippen LogP contribution in [0.4, 0.5) is 0 Å². The zero-order chi connectivity index (χ0) is 57.0. The van der Waals surface area contributed by atoms with E-state index in [1.807, 2.05) is 0 Å². The molecule has 20 unspecified atom stereocenters. The first kappa shape index (κ1) is 70.1. The van der Waals surface area contributed by atoms with E-state index in [9.17, 15) is 78.1 Å². The van der Waals surface area contributed by atoms with Crippen LogP contribution in [0, 0.1) is 0 Å². The third-order valence-electron chi connectivity index (χ3n) is 13.6. The van der Waals surface area contributed by atoms with Crippen molar-refractivity contribution in [1.29, 1.82) is 0 Å². The largest absolute Gasteiger partial charge is 1.00 e. The SMILES string of the molecule is CCCCCCCC/C=C\CCCCCCCC(=O)NC1C(OC2C(CO)OC(OC3C(CO)OC(OC4C(COS(=O)(=O)[O-])OC(O)C(NC(C)=O)C4O)C(NC(C)=O)C3O)C(NC(C)=O)C2O)OC(CO)C(O)C1O.[Na+]. The topological polar surface area (TPSA) is 430 Å². The third-order valence-corrected chi connectivity index (χ3v) is 14.1. The molecule has 0 aromatic rings. The van der Waals surface area contributed by atoms with E-state index in [4.69, 9.17) is 33.2 Å². The number of rotatable bonds is 31. The normalized spacial score (nSPS) is 35.4. The number of hydrogen-bond acceptors (Lipinski definition) is 24. The number of carbonyl (C=O) groups excluding carboxylic acids is 4. The maximum Gasteiger partial charge on any atom is 1.00 e. The van der Waals surface area contributed by atoms with Gasteiger partial charge in [0.2, 0.25) is 34.0 Å². The molecule has 28 nitrogen and oxygen atoms in total. The molecule has 4 fully saturated rings. The zero-order valence-electron chi connectivity index (χ0n) is 45.0. The maximum absolute atomic E-state index is 13.3. The molecule has 0 aromatic carbocycles. The Hall–Kier alpha value is -2.15. The fraction of sp³-hybridized carbons (Fsp3) is 0.875. The van der Waals surface area contributed by atoms with Crippen molar-refractivity contribution in [1.82, 2.24) is 21.3 Å². The number of aliphatic hydroxyl groups excluding tert-OH is 9. The van der Waals surface area contributed by atoms with Gasteiger partial charge < -0.3 is 105 Å². The molecule has 20 atom stereocenters. The van der Waals surface area contributed by atoms with Crippen molar-refractivity contribution < 1.29 is 145 Å². The van der Waals surface area contributed by atoms with Gasteiger partial charge in [0.05, 0.1) is 26.4 Å². The fourth-order valence-electron chi connectivity index (χ4n) is 9.69. The van der Waals surface area contributed by atoms with Crippen LogP contribution in [-0.4, -0.2) is 232 Å². The van der Waals surface area contributed by atoms with E-state index >= 15 is 0 Å². The van der Waals surface area contributed by atoms with Crippen molar-refractivity contribution in [3.8, 4) is 0 Å². The summed E-state index contributed by atoms with van der Waals surface area (Å²) in [4.78, 5) is 50.5. The van der Waals surface area contributed by atoms with Crippen molar-refractivity contribution in [2.45, 2.75) is 240 Å². The van der Waals surface area contributed by atoms with E-state index < -0.39 is 183 Å². The van der Waals surface area contributed by atoms with Crippen LogP contribution in [0.2, 0.25) is 0 Å². The summed E-state index contributed by atoms with van der Waals surface area (Å²) in [6, 6.07) is -6.62. The number of ether oxygens (including phenoxy) is 7. The second kappa shape index (κ2) is 35.1. The Morgan fingerprint density at radius 1 is 0.513 bits per heavy atom. The first-order valence-corrected chi connectivity index (χ1v) is 27.7. The standard InChI is InChI=1S/C48H84N4O24S.Na/c1-5-6-7-8-9-10-11-12-13-14-15-16-17-18-19-20-32(59)52-34-38(61)37(60)28(21-53)71-46(34)74-42-29(22-54)72-47(35(40(42)63)50-26(3)57)75-43-30(23-55)73-48(36(41(43)64)51-27(4)58)76-44-31(24-69-77(66,67)68)70-45(65)33(39(44)62)49-25(2)56;/h12-13,28-31,33-48,53-55,60-65H,5-11,14-24H2,1-4H3,(H,49,56)(H,50,57)(H,51,58)(H,52,59)(H,66,67,68);/q;+1/p-1/b13-12-;. The number of aliphatic hydroxyl groups is 9. The molecule has 13 N–H and O–H groups in total. The second-order valence-electron chi connectivity index (χ2n) is 19.8. The average Bonchev–Trinajstić information content (AvgIpc) is 3.39. The molecule has 4 aliphatic heterocycles. The fourth-order valence-corrected chi connectivity index (χ4v) is 9.99. The van der Waals surface area contributed by atoms with Crippen LogP contribution in [-0.2, 0) is 66.9 Å². The van der Waals surface area contributed by atoms with Crippen molar-refractivity contribution in [2.75, 3.05) is 26.4 Å². The van der Waals surface area contributed by atoms with Crippen LogP contribution < -0.4 is 50.8 Å². The summed E-state index contributed by atoms with van der Waals surface area (Å²) >= 11 is 0. The van der Waals surface area contributed by atoms with E-state index in [0.717, 1.165) is 59.3 Å². The molecule has 0 aromatic heterocycles. The quantitative estimate of drug-likeness (QED) is 0.0101. The van der Waals surface area contributed by atoms with Gasteiger partial charge in [-0.15, -0.1) is 0 Å². The summed E-state index contributed by atoms with van der Waals surface area (Å²) in [6.45, 7) is 1.33. The van der Waals surface area contributed by atoms with Crippen LogP contribution in [0.5, 0.6) is 0 Å². The Kier molecular flexibility index (Phi) is 31.5. The van der Waals surface area contributed by atoms with Crippen LogP contribution in [0.25, 0.3) is 0 Å². The van der Waals surface area contributed by atoms with Gasteiger partial charge in [0, 0.05) is 27.2 Å². The van der Waals surface area contributed by atoms with E-state index in [0.29, 0.717) is 6.42 Å². The van der Waals surface area contributed by atoms with Gasteiger partial charge in [0.15, 0.2) is 25.2 Å². The molecule has 0 radical (unpaired) electrons. The summed E-state index contributed by atoms with van der Waals surface area (Å²) in [5.74, 6) is -2.94. The van der Waals surface area contributed by atoms with Crippen LogP contribution >= 0.6 is 0 Å². The van der Waals surface area contributed by atoms with Gasteiger partial charge in [-0.25, -0.2) is 8.42 Å². The first-order valence-electron chi connectivity index (χ1n) is 26.4. The molecule has 4 amide bonds. The van der Waals surface area contributed by atoms with E-state index in [-0.39, 0.29) is 36.0 Å². The van der Waals surface area contributed by atoms with Crippen molar-refractivity contribution in [3.05, 3.63) is 12.2 Å². The molecule has 0 spiro atoms. The minimum absolute atomic E-state index is 0. The van der Waals surface area contributed by atoms with Gasteiger partial charge in [0.1, 0.15) is 97.4 Å². The van der Waals surface area contributed by atoms with Gasteiger partial charge in [0.25, 0.3) is 0 Å². The molecular weight excluding hydrogens is 1070 g/mol. The molecule has 4 aliphatic rings. The van der Waals surface area contributed by atoms with E-state index in [1.54, 1.807) is 0 Å². The predicted molar refractivity (Wildman–Crippen MR) is 263 cm³/mol. The molecule has 4 rings (SSSR count). The Morgan fingerprint density at radius 2 is 0.897 bits per heavy atom. The molecule has 0 aliphatic carbocycles. The monoisotopic (exact) mass is 1150 g/mol. The Morgan fingerprint density at radius 3 is 1.33 bits per heavy atom. The summed E-state index contributed by atoms with van der Waals surface area (Å²) in [7, 11) is -5.40. The van der Waals surface area contributed by atoms with E-state index in [1.165, 1.54) is 38.5 Å². The minimum atomic E-state index is -5.40. The number of hydrogen-bond donors (Lipinski definition) is 13. The van der Waals surface area contributed by atoms with Crippen LogP contribution in [0.15, 0.2) is 12.2 Å². The smallest absolute Gasteiger partial charge is 0.726 e. The van der Waals surface area contributed by atoms with Crippen LogP contribution in [0.1, 0.15) is 118 Å². The Labute approximate surface area is 476 Å². The minimum Gasteiger partial charge on any atom is -0.726 e. The van der Waals surface area contributed by atoms with Gasteiger partial charge in [-0.1, -0.05) is 70.4 Å². The third kappa shape index (κ3) is 21.6. The number of unbranched alkanes of at least 4 members (excludes halogenated alkanes) is 11. The summed E-state index contributed by atoms with van der Waals surface area (Å²) in [5, 5.41) is 109. The molecular formula is C48H83N4NaO24S. The zero-order valence-corrected chi connectivity index (χ0v) is 47.8. The molecule has 30 heteroatoms. The molecule has 4 heterocycles. The molecule has 0 saturated carbocycles. The number of carbonyl (C=O) groups is 4. The molecule has 446 valence electrons. The summed E-state index contributed by atoms with van der Waals surface area (Å²) in [6.07, 6.45) is -11.0. The first-order chi connectivity index (χ1) is 36.5. The van der Waals surface area contributed by atoms with Gasteiger partial charge in [-0.3, -0.25) is 23.4 Å². The van der Waals surface area contributed by atoms with Crippen LogP contribution in [0.3, 0.4) is 0 Å². The molecule has 78 heavy (non-hydrogen) atoms. The maximum atomic E-state index is 13.3. The van der Waals surface area contributed by atoms with Crippen molar-refractivity contribution >= 4 is 34.0 Å². The Bertz CT molecular complexity index is 1950. The second-order valence-corrected chi connectivity index (χ2v) is 20.8. The Balaban J connectivity index is 0.0000160. The van der Waals surface area contributed by atoms with Gasteiger partial charge >= 0.3 is 29.6 Å². The molecule has 4 saturated heterocycles. The number of allylic oxidation sites excluding steroid dienone is 2.